The van der Waals surface area contributed by atoms with E-state index in [1.165, 1.54) is 12.1 Å². The van der Waals surface area contributed by atoms with Crippen molar-refractivity contribution in [2.75, 3.05) is 6.54 Å². The summed E-state index contributed by atoms with van der Waals surface area (Å²) in [6, 6.07) is 0. The van der Waals surface area contributed by atoms with E-state index in [1.54, 1.807) is 0 Å². The molecule has 1 atom stereocenters. The second-order valence-electron chi connectivity index (χ2n) is 2.95. The predicted molar refractivity (Wildman–Crippen MR) is 41.1 cm³/mol. The van der Waals surface area contributed by atoms with E-state index < -0.39 is 0 Å². The highest BCUT2D eigenvalue weighted by atomic mass is 14.9. The van der Waals surface area contributed by atoms with Crippen LogP contribution in [0.15, 0.2) is 23.5 Å². The second kappa shape index (κ2) is 2.04. The summed E-state index contributed by atoms with van der Waals surface area (Å²) in [5.74, 6) is 0.743. The van der Waals surface area contributed by atoms with Gasteiger partial charge in [0.25, 0.3) is 0 Å². The number of hydrogen-bond acceptors (Lipinski definition) is 2. The van der Waals surface area contributed by atoms with Gasteiger partial charge in [0.2, 0.25) is 0 Å². The lowest BCUT2D eigenvalue weighted by Crippen LogP contribution is -2.12. The molecule has 10 heavy (non-hydrogen) atoms. The van der Waals surface area contributed by atoms with Crippen molar-refractivity contribution in [3.05, 3.63) is 23.5 Å². The molecule has 0 spiro atoms. The van der Waals surface area contributed by atoms with Crippen LogP contribution in [0.1, 0.15) is 12.8 Å². The fraction of sp³-hybridized carbons (Fsp3) is 0.500. The van der Waals surface area contributed by atoms with Crippen LogP contribution in [0.2, 0.25) is 0 Å². The Morgan fingerprint density at radius 2 is 2.50 bits per heavy atom. The maximum atomic E-state index is 5.64. The third-order valence-electron chi connectivity index (χ3n) is 2.22. The number of nitrogens with one attached hydrogen (secondary N) is 1. The fourth-order valence-corrected chi connectivity index (χ4v) is 1.62. The molecule has 0 radical (unpaired) electrons. The van der Waals surface area contributed by atoms with Gasteiger partial charge in [-0.15, -0.1) is 0 Å². The Bertz CT molecular complexity index is 203. The van der Waals surface area contributed by atoms with Gasteiger partial charge in [-0.2, -0.15) is 0 Å². The van der Waals surface area contributed by atoms with Gasteiger partial charge in [0.1, 0.15) is 0 Å². The van der Waals surface area contributed by atoms with E-state index in [9.17, 15) is 0 Å². The van der Waals surface area contributed by atoms with Crippen LogP contribution >= 0.6 is 0 Å². The summed E-state index contributed by atoms with van der Waals surface area (Å²) in [6.07, 6.45) is 6.57. The number of nitrogens with two attached hydrogens (primary N) is 1. The zero-order chi connectivity index (χ0) is 6.97. The lowest BCUT2D eigenvalue weighted by atomic mass is 9.96. The summed E-state index contributed by atoms with van der Waals surface area (Å²) >= 11 is 0. The van der Waals surface area contributed by atoms with Crippen LogP contribution < -0.4 is 11.1 Å². The molecule has 2 aliphatic rings. The van der Waals surface area contributed by atoms with E-state index in [1.807, 2.05) is 0 Å². The van der Waals surface area contributed by atoms with Crippen molar-refractivity contribution >= 4 is 0 Å². The summed E-state index contributed by atoms with van der Waals surface area (Å²) in [6.45, 7) is 1.12. The third-order valence-corrected chi connectivity index (χ3v) is 2.22. The molecule has 2 nitrogen and oxygen atoms in total. The molecule has 0 aromatic heterocycles. The molecule has 1 aliphatic carbocycles. The molecule has 2 rings (SSSR count). The van der Waals surface area contributed by atoms with E-state index in [4.69, 9.17) is 5.73 Å². The lowest BCUT2D eigenvalue weighted by molar-refractivity contribution is 0.641. The Morgan fingerprint density at radius 3 is 3.40 bits per heavy atom. The zero-order valence-corrected chi connectivity index (χ0v) is 5.93. The largest absolute Gasteiger partial charge is 0.399 e. The summed E-state index contributed by atoms with van der Waals surface area (Å²) in [7, 11) is 0. The molecule has 3 N–H and O–H groups in total. The highest BCUT2D eigenvalue weighted by Crippen LogP contribution is 2.27. The maximum Gasteiger partial charge on any atom is 0.0291 e. The molecule has 0 amide bonds. The molecule has 1 aliphatic heterocycles. The molecule has 2 heteroatoms. The van der Waals surface area contributed by atoms with Crippen molar-refractivity contribution in [1.82, 2.24) is 5.32 Å². The Labute approximate surface area is 60.8 Å². The first-order valence-electron chi connectivity index (χ1n) is 3.77. The van der Waals surface area contributed by atoms with Gasteiger partial charge in [0, 0.05) is 23.9 Å². The quantitative estimate of drug-likeness (QED) is 0.515. The van der Waals surface area contributed by atoms with Crippen molar-refractivity contribution in [2.24, 2.45) is 11.7 Å². The molecule has 0 bridgehead atoms. The van der Waals surface area contributed by atoms with E-state index in [0.29, 0.717) is 0 Å². The van der Waals surface area contributed by atoms with Crippen LogP contribution in [0, 0.1) is 5.92 Å². The molecule has 1 fully saturated rings. The molecule has 1 unspecified atom stereocenters. The normalized spacial score (nSPS) is 30.2. The molecular formula is C8H12N2. The van der Waals surface area contributed by atoms with Crippen molar-refractivity contribution in [3.8, 4) is 0 Å². The maximum absolute atomic E-state index is 5.64. The Kier molecular flexibility index (Phi) is 1.19. The van der Waals surface area contributed by atoms with Gasteiger partial charge >= 0.3 is 0 Å². The Morgan fingerprint density at radius 1 is 1.60 bits per heavy atom. The van der Waals surface area contributed by atoms with Crippen LogP contribution in [0.4, 0.5) is 0 Å². The van der Waals surface area contributed by atoms with E-state index >= 15 is 0 Å². The highest BCUT2D eigenvalue weighted by molar-refractivity contribution is 5.28. The summed E-state index contributed by atoms with van der Waals surface area (Å²) in [4.78, 5) is 0. The van der Waals surface area contributed by atoms with Gasteiger partial charge < -0.3 is 11.1 Å². The first-order chi connectivity index (χ1) is 4.86. The van der Waals surface area contributed by atoms with Crippen molar-refractivity contribution in [1.29, 1.82) is 0 Å². The van der Waals surface area contributed by atoms with E-state index in [0.717, 1.165) is 24.6 Å². The average Bonchev–Trinajstić information content (AvgIpc) is 2.33. The van der Waals surface area contributed by atoms with Crippen molar-refractivity contribution < 1.29 is 0 Å². The highest BCUT2D eigenvalue weighted by Gasteiger charge is 2.21. The molecular weight excluding hydrogens is 124 g/mol. The van der Waals surface area contributed by atoms with Gasteiger partial charge in [0.15, 0.2) is 0 Å². The van der Waals surface area contributed by atoms with E-state index in [2.05, 4.69) is 17.5 Å². The summed E-state index contributed by atoms with van der Waals surface area (Å²) in [5, 5.41) is 3.33. The van der Waals surface area contributed by atoms with Crippen LogP contribution in [0.25, 0.3) is 0 Å². The molecule has 0 aromatic rings. The lowest BCUT2D eigenvalue weighted by Gasteiger charge is -2.13. The SMILES string of the molecule is NC1=CCC2CCNC2=C1. The molecule has 1 saturated heterocycles. The van der Waals surface area contributed by atoms with Crippen LogP contribution in [-0.2, 0) is 0 Å². The second-order valence-corrected chi connectivity index (χ2v) is 2.95. The molecule has 1 heterocycles. The van der Waals surface area contributed by atoms with Crippen LogP contribution in [-0.4, -0.2) is 6.54 Å². The first kappa shape index (κ1) is 5.83. The van der Waals surface area contributed by atoms with Crippen molar-refractivity contribution in [2.45, 2.75) is 12.8 Å². The smallest absolute Gasteiger partial charge is 0.0291 e. The minimum atomic E-state index is 0.743. The average molecular weight is 136 g/mol. The molecule has 0 saturated carbocycles. The van der Waals surface area contributed by atoms with Gasteiger partial charge in [-0.25, -0.2) is 0 Å². The molecule has 54 valence electrons. The van der Waals surface area contributed by atoms with Gasteiger partial charge in [0.05, 0.1) is 0 Å². The van der Waals surface area contributed by atoms with Crippen molar-refractivity contribution in [3.63, 3.8) is 0 Å². The first-order valence-corrected chi connectivity index (χ1v) is 3.77. The van der Waals surface area contributed by atoms with Crippen LogP contribution in [0.3, 0.4) is 0 Å². The number of hydrogen-bond donors (Lipinski definition) is 2. The zero-order valence-electron chi connectivity index (χ0n) is 5.93. The standard InChI is InChI=1S/C8H12N2/c9-7-2-1-6-3-4-10-8(6)5-7/h2,5-6,10H,1,3-4,9H2. The number of fused-ring (bicyclic) bond motifs is 1. The van der Waals surface area contributed by atoms with Gasteiger partial charge in [-0.05, 0) is 18.9 Å². The van der Waals surface area contributed by atoms with Gasteiger partial charge in [-0.3, -0.25) is 0 Å². The number of rotatable bonds is 0. The summed E-state index contributed by atoms with van der Waals surface area (Å²) in [5.41, 5.74) is 7.90. The monoisotopic (exact) mass is 136 g/mol. The Balaban J connectivity index is 2.24. The minimum Gasteiger partial charge on any atom is -0.399 e. The fourth-order valence-electron chi connectivity index (χ4n) is 1.62. The van der Waals surface area contributed by atoms with Crippen LogP contribution in [0.5, 0.6) is 0 Å². The molecule has 0 aromatic carbocycles. The topological polar surface area (TPSA) is 38.0 Å². The predicted octanol–water partition coefficient (Wildman–Crippen LogP) is 0.726. The van der Waals surface area contributed by atoms with E-state index in [-0.39, 0.29) is 0 Å². The summed E-state index contributed by atoms with van der Waals surface area (Å²) < 4.78 is 0. The number of allylic oxidation sites excluding steroid dienone is 3. The van der Waals surface area contributed by atoms with Gasteiger partial charge in [-0.1, -0.05) is 6.08 Å². The minimum absolute atomic E-state index is 0.743. The third kappa shape index (κ3) is 0.801. The Hall–Kier alpha value is -0.920.